The number of aromatic nitrogens is 3. The lowest BCUT2D eigenvalue weighted by atomic mass is 10.2. The molecule has 10 nitrogen and oxygen atoms in total. The molecule has 0 bridgehead atoms. The van der Waals surface area contributed by atoms with Gasteiger partial charge in [-0.1, -0.05) is 6.07 Å². The van der Waals surface area contributed by atoms with Crippen LogP contribution in [0.1, 0.15) is 23.2 Å². The maximum atomic E-state index is 12.8. The van der Waals surface area contributed by atoms with Gasteiger partial charge in [-0.2, -0.15) is 4.31 Å². The molecule has 1 aromatic carbocycles. The first kappa shape index (κ1) is 20.9. The normalized spacial score (nSPS) is 14.8. The Morgan fingerprint density at radius 1 is 1.06 bits per heavy atom. The number of aryl methyl sites for hydroxylation is 1. The number of nitrogens with one attached hydrogen (secondary N) is 1. The van der Waals surface area contributed by atoms with Crippen molar-refractivity contribution in [3.8, 4) is 0 Å². The summed E-state index contributed by atoms with van der Waals surface area (Å²) in [5.74, 6) is -0.540. The molecule has 0 saturated carbocycles. The summed E-state index contributed by atoms with van der Waals surface area (Å²) >= 11 is 0. The minimum absolute atomic E-state index is 0.0579. The molecule has 1 N–H and O–H groups in total. The van der Waals surface area contributed by atoms with Crippen LogP contribution >= 0.6 is 0 Å². The van der Waals surface area contributed by atoms with Gasteiger partial charge in [0, 0.05) is 32.7 Å². The number of nitrogens with zero attached hydrogens (tertiary/aromatic N) is 4. The van der Waals surface area contributed by atoms with Gasteiger partial charge in [0.25, 0.3) is 11.5 Å². The molecule has 0 atom stereocenters. The highest BCUT2D eigenvalue weighted by Gasteiger charge is 2.27. The van der Waals surface area contributed by atoms with Gasteiger partial charge in [-0.25, -0.2) is 18.2 Å². The third-order valence-electron chi connectivity index (χ3n) is 5.35. The first-order valence-electron chi connectivity index (χ1n) is 9.67. The summed E-state index contributed by atoms with van der Waals surface area (Å²) in [6, 6.07) is 7.26. The van der Waals surface area contributed by atoms with Gasteiger partial charge < -0.3 is 5.32 Å². The maximum Gasteiger partial charge on any atom is 0.332 e. The summed E-state index contributed by atoms with van der Waals surface area (Å²) in [5, 5.41) is 2.81. The number of rotatable bonds is 4. The molecule has 0 unspecified atom stereocenters. The summed E-state index contributed by atoms with van der Waals surface area (Å²) in [5.41, 5.74) is -0.419. The molecule has 1 aliphatic heterocycles. The Balaban J connectivity index is 1.65. The van der Waals surface area contributed by atoms with E-state index in [4.69, 9.17) is 0 Å². The van der Waals surface area contributed by atoms with Crippen LogP contribution in [-0.4, -0.2) is 45.8 Å². The number of pyridine rings is 1. The van der Waals surface area contributed by atoms with E-state index in [0.29, 0.717) is 13.1 Å². The van der Waals surface area contributed by atoms with Gasteiger partial charge in [0.1, 0.15) is 5.65 Å². The molecule has 1 saturated heterocycles. The van der Waals surface area contributed by atoms with Crippen LogP contribution in [0.2, 0.25) is 0 Å². The van der Waals surface area contributed by atoms with Gasteiger partial charge in [-0.05, 0) is 37.1 Å². The second kappa shape index (κ2) is 7.75. The number of amides is 1. The number of carbonyl (C=O) groups excluding carboxylic acids is 1. The molecule has 162 valence electrons. The lowest BCUT2D eigenvalue weighted by Gasteiger charge is -2.16. The highest BCUT2D eigenvalue weighted by Crippen LogP contribution is 2.22. The number of benzene rings is 1. The van der Waals surface area contributed by atoms with E-state index in [2.05, 4.69) is 10.3 Å². The molecular weight excluding hydrogens is 422 g/mol. The highest BCUT2D eigenvalue weighted by molar-refractivity contribution is 7.89. The third-order valence-corrected chi connectivity index (χ3v) is 7.24. The molecule has 31 heavy (non-hydrogen) atoms. The smallest absolute Gasteiger partial charge is 0.321 e. The Hall–Kier alpha value is -3.31. The van der Waals surface area contributed by atoms with Crippen molar-refractivity contribution < 1.29 is 13.2 Å². The average Bonchev–Trinajstić information content (AvgIpc) is 3.32. The molecule has 3 aromatic rings. The minimum atomic E-state index is -3.65. The number of carbonyl (C=O) groups is 1. The zero-order valence-electron chi connectivity index (χ0n) is 17.0. The summed E-state index contributed by atoms with van der Waals surface area (Å²) in [4.78, 5) is 41.4. The van der Waals surface area contributed by atoms with E-state index in [1.54, 1.807) is 0 Å². The number of fused-ring (bicyclic) bond motifs is 1. The first-order valence-corrected chi connectivity index (χ1v) is 11.1. The number of hydrogen-bond acceptors (Lipinski definition) is 6. The predicted molar refractivity (Wildman–Crippen MR) is 115 cm³/mol. The van der Waals surface area contributed by atoms with Gasteiger partial charge in [0.05, 0.1) is 22.2 Å². The molecule has 4 rings (SSSR count). The van der Waals surface area contributed by atoms with Crippen molar-refractivity contribution in [1.29, 1.82) is 0 Å². The fraction of sp³-hybridized carbons (Fsp3) is 0.300. The zero-order valence-corrected chi connectivity index (χ0v) is 17.8. The molecule has 3 heterocycles. The molecule has 2 aromatic heterocycles. The molecule has 1 fully saturated rings. The van der Waals surface area contributed by atoms with E-state index >= 15 is 0 Å². The van der Waals surface area contributed by atoms with Gasteiger partial charge in [-0.15, -0.1) is 0 Å². The fourth-order valence-corrected chi connectivity index (χ4v) is 5.18. The molecule has 0 aliphatic carbocycles. The second-order valence-electron chi connectivity index (χ2n) is 7.39. The lowest BCUT2D eigenvalue weighted by Crippen LogP contribution is -2.37. The summed E-state index contributed by atoms with van der Waals surface area (Å²) in [6.45, 7) is 0.942. The summed E-state index contributed by atoms with van der Waals surface area (Å²) in [7, 11) is -0.787. The Labute approximate surface area is 177 Å². The molecular formula is C20H21N5O5S. The van der Waals surface area contributed by atoms with E-state index in [1.165, 1.54) is 59.5 Å². The van der Waals surface area contributed by atoms with Crippen LogP contribution in [-0.2, 0) is 24.1 Å². The molecule has 0 radical (unpaired) electrons. The fourth-order valence-electron chi connectivity index (χ4n) is 3.61. The third kappa shape index (κ3) is 3.66. The molecule has 1 aliphatic rings. The largest absolute Gasteiger partial charge is 0.332 e. The maximum absolute atomic E-state index is 12.8. The Morgan fingerprint density at radius 3 is 2.48 bits per heavy atom. The van der Waals surface area contributed by atoms with E-state index in [9.17, 15) is 22.8 Å². The van der Waals surface area contributed by atoms with Crippen LogP contribution in [0.25, 0.3) is 11.0 Å². The monoisotopic (exact) mass is 443 g/mol. The van der Waals surface area contributed by atoms with E-state index < -0.39 is 27.2 Å². The van der Waals surface area contributed by atoms with Crippen molar-refractivity contribution in [2.45, 2.75) is 17.7 Å². The number of anilines is 1. The Kier molecular flexibility index (Phi) is 5.23. The summed E-state index contributed by atoms with van der Waals surface area (Å²) < 4.78 is 29.1. The van der Waals surface area contributed by atoms with Crippen molar-refractivity contribution in [2.24, 2.45) is 14.1 Å². The quantitative estimate of drug-likeness (QED) is 0.632. The number of sulfonamides is 1. The molecule has 1 amide bonds. The van der Waals surface area contributed by atoms with Crippen LogP contribution in [0.4, 0.5) is 5.69 Å². The van der Waals surface area contributed by atoms with E-state index in [-0.39, 0.29) is 27.2 Å². The Morgan fingerprint density at radius 2 is 1.77 bits per heavy atom. The standard InChI is InChI=1S/C20H21N5O5S/c1-23-17-16(19(27)24(2)20(23)28)11-14(12-21-17)22-18(26)13-6-5-7-15(10-13)31(29,30)25-8-3-4-9-25/h5-7,10-12H,3-4,8-9H2,1-2H3,(H,22,26). The topological polar surface area (TPSA) is 123 Å². The average molecular weight is 443 g/mol. The SMILES string of the molecule is Cn1c(=O)c2cc(NC(=O)c3cccc(S(=O)(=O)N4CCCC4)c3)cnc2n(C)c1=O. The van der Waals surface area contributed by atoms with Crippen molar-refractivity contribution in [3.63, 3.8) is 0 Å². The van der Waals surface area contributed by atoms with E-state index in [0.717, 1.165) is 17.4 Å². The van der Waals surface area contributed by atoms with Gasteiger partial charge in [-0.3, -0.25) is 18.7 Å². The van der Waals surface area contributed by atoms with Crippen LogP contribution < -0.4 is 16.6 Å². The van der Waals surface area contributed by atoms with Crippen LogP contribution in [0.15, 0.2) is 51.0 Å². The zero-order chi connectivity index (χ0) is 22.3. The number of hydrogen-bond donors (Lipinski definition) is 1. The highest BCUT2D eigenvalue weighted by atomic mass is 32.2. The Bertz CT molecular complexity index is 1420. The van der Waals surface area contributed by atoms with Crippen molar-refractivity contribution in [1.82, 2.24) is 18.4 Å². The lowest BCUT2D eigenvalue weighted by molar-refractivity contribution is 0.102. The van der Waals surface area contributed by atoms with Crippen molar-refractivity contribution >= 4 is 32.7 Å². The van der Waals surface area contributed by atoms with Gasteiger partial charge in [0.2, 0.25) is 10.0 Å². The summed E-state index contributed by atoms with van der Waals surface area (Å²) in [6.07, 6.45) is 2.97. The van der Waals surface area contributed by atoms with Gasteiger partial charge in [0.15, 0.2) is 0 Å². The minimum Gasteiger partial charge on any atom is -0.321 e. The molecule has 0 spiro atoms. The van der Waals surface area contributed by atoms with E-state index in [1.807, 2.05) is 0 Å². The van der Waals surface area contributed by atoms with Gasteiger partial charge >= 0.3 is 5.69 Å². The van der Waals surface area contributed by atoms with Crippen molar-refractivity contribution in [3.05, 3.63) is 62.9 Å². The second-order valence-corrected chi connectivity index (χ2v) is 9.33. The van der Waals surface area contributed by atoms with Crippen LogP contribution in [0.5, 0.6) is 0 Å². The van der Waals surface area contributed by atoms with Crippen LogP contribution in [0.3, 0.4) is 0 Å². The van der Waals surface area contributed by atoms with Crippen LogP contribution in [0, 0.1) is 0 Å². The molecule has 11 heteroatoms. The van der Waals surface area contributed by atoms with Crippen molar-refractivity contribution in [2.75, 3.05) is 18.4 Å². The first-order chi connectivity index (χ1) is 14.7. The predicted octanol–water partition coefficient (Wildman–Crippen LogP) is 0.669.